The molecule has 0 spiro atoms. The largest absolute Gasteiger partial charge is 0.367 e. The number of para-hydroxylation sites is 1. The molecule has 0 saturated carbocycles. The van der Waals surface area contributed by atoms with Crippen molar-refractivity contribution in [2.45, 2.75) is 13.0 Å². The zero-order chi connectivity index (χ0) is 11.7. The van der Waals surface area contributed by atoms with E-state index >= 15 is 0 Å². The predicted octanol–water partition coefficient (Wildman–Crippen LogP) is 3.85. The zero-order valence-electron chi connectivity index (χ0n) is 9.57. The van der Waals surface area contributed by atoms with Crippen molar-refractivity contribution >= 4 is 28.3 Å². The van der Waals surface area contributed by atoms with E-state index in [0.717, 1.165) is 13.1 Å². The fourth-order valence-electron chi connectivity index (χ4n) is 2.38. The Morgan fingerprint density at radius 3 is 2.59 bits per heavy atom. The summed E-state index contributed by atoms with van der Waals surface area (Å²) in [6.07, 6.45) is 1.18. The van der Waals surface area contributed by atoms with E-state index in [9.17, 15) is 0 Å². The molecule has 1 aliphatic rings. The highest BCUT2D eigenvalue weighted by Gasteiger charge is 2.17. The summed E-state index contributed by atoms with van der Waals surface area (Å²) >= 11 is 2.35. The molecule has 2 aromatic rings. The number of fused-ring (bicyclic) bond motifs is 1. The van der Waals surface area contributed by atoms with Crippen LogP contribution >= 0.6 is 22.6 Å². The molecular formula is C15H14IN. The van der Waals surface area contributed by atoms with Crippen LogP contribution in [0.4, 0.5) is 5.69 Å². The van der Waals surface area contributed by atoms with Crippen LogP contribution in [0.1, 0.15) is 11.1 Å². The first-order valence-corrected chi connectivity index (χ1v) is 6.98. The van der Waals surface area contributed by atoms with Gasteiger partial charge in [-0.15, -0.1) is 0 Å². The standard InChI is InChI=1S/C15H14IN/c16-14-7-5-12(6-8-14)11-17-10-9-13-3-1-2-4-15(13)17/h1-8H,9-11H2. The number of rotatable bonds is 2. The third-order valence-corrected chi connectivity index (χ3v) is 3.99. The van der Waals surface area contributed by atoms with Crippen LogP contribution in [0.3, 0.4) is 0 Å². The minimum absolute atomic E-state index is 1.02. The van der Waals surface area contributed by atoms with Gasteiger partial charge >= 0.3 is 0 Å². The van der Waals surface area contributed by atoms with Crippen molar-refractivity contribution in [2.24, 2.45) is 0 Å². The molecule has 0 aliphatic carbocycles. The Hall–Kier alpha value is -1.03. The van der Waals surface area contributed by atoms with Gasteiger partial charge in [-0.25, -0.2) is 0 Å². The van der Waals surface area contributed by atoms with Crippen LogP contribution < -0.4 is 4.90 Å². The molecule has 0 atom stereocenters. The summed E-state index contributed by atoms with van der Waals surface area (Å²) in [7, 11) is 0. The molecule has 0 saturated heterocycles. The first kappa shape index (κ1) is 11.1. The molecular weight excluding hydrogens is 321 g/mol. The first-order valence-electron chi connectivity index (χ1n) is 5.90. The fraction of sp³-hybridized carbons (Fsp3) is 0.200. The Bertz CT molecular complexity index is 519. The lowest BCUT2D eigenvalue weighted by Gasteiger charge is -2.19. The molecule has 3 rings (SSSR count). The highest BCUT2D eigenvalue weighted by Crippen LogP contribution is 2.28. The number of nitrogens with zero attached hydrogens (tertiary/aromatic N) is 1. The molecule has 0 N–H and O–H groups in total. The van der Waals surface area contributed by atoms with E-state index in [0.29, 0.717) is 0 Å². The normalized spacial score (nSPS) is 13.8. The van der Waals surface area contributed by atoms with Gasteiger partial charge in [0.05, 0.1) is 0 Å². The highest BCUT2D eigenvalue weighted by molar-refractivity contribution is 14.1. The minimum atomic E-state index is 1.02. The zero-order valence-corrected chi connectivity index (χ0v) is 11.7. The third kappa shape index (κ3) is 2.32. The first-order chi connectivity index (χ1) is 8.33. The summed E-state index contributed by atoms with van der Waals surface area (Å²) in [5, 5.41) is 0. The van der Waals surface area contributed by atoms with Gasteiger partial charge in [-0.3, -0.25) is 0 Å². The molecule has 0 amide bonds. The second-order valence-electron chi connectivity index (χ2n) is 4.43. The Morgan fingerprint density at radius 1 is 1.00 bits per heavy atom. The van der Waals surface area contributed by atoms with Gasteiger partial charge in [0.25, 0.3) is 0 Å². The average Bonchev–Trinajstić information content (AvgIpc) is 2.76. The quantitative estimate of drug-likeness (QED) is 0.754. The van der Waals surface area contributed by atoms with Crippen LogP contribution in [0.15, 0.2) is 48.5 Å². The molecule has 0 radical (unpaired) electrons. The molecule has 0 aromatic heterocycles. The second kappa shape index (κ2) is 4.69. The van der Waals surface area contributed by atoms with E-state index in [1.807, 2.05) is 0 Å². The number of halogens is 1. The van der Waals surface area contributed by atoms with Crippen molar-refractivity contribution < 1.29 is 0 Å². The lowest BCUT2D eigenvalue weighted by Crippen LogP contribution is -2.19. The van der Waals surface area contributed by atoms with Crippen LogP contribution in [0.2, 0.25) is 0 Å². The Balaban J connectivity index is 1.81. The van der Waals surface area contributed by atoms with Crippen molar-refractivity contribution in [3.63, 3.8) is 0 Å². The van der Waals surface area contributed by atoms with Crippen LogP contribution in [-0.2, 0) is 13.0 Å². The van der Waals surface area contributed by atoms with E-state index in [1.165, 1.54) is 26.8 Å². The smallest absolute Gasteiger partial charge is 0.0429 e. The van der Waals surface area contributed by atoms with E-state index in [-0.39, 0.29) is 0 Å². The maximum Gasteiger partial charge on any atom is 0.0429 e. The van der Waals surface area contributed by atoms with Gasteiger partial charge in [0.15, 0.2) is 0 Å². The summed E-state index contributed by atoms with van der Waals surface area (Å²) in [6, 6.07) is 17.5. The van der Waals surface area contributed by atoms with Gasteiger partial charge in [0.1, 0.15) is 0 Å². The van der Waals surface area contributed by atoms with E-state index < -0.39 is 0 Å². The maximum absolute atomic E-state index is 2.47. The van der Waals surface area contributed by atoms with E-state index in [2.05, 4.69) is 76.0 Å². The molecule has 2 aromatic carbocycles. The van der Waals surface area contributed by atoms with Crippen molar-refractivity contribution in [3.05, 3.63) is 63.2 Å². The Morgan fingerprint density at radius 2 is 1.76 bits per heavy atom. The van der Waals surface area contributed by atoms with Gasteiger partial charge in [-0.2, -0.15) is 0 Å². The monoisotopic (exact) mass is 335 g/mol. The van der Waals surface area contributed by atoms with Crippen LogP contribution in [0, 0.1) is 3.57 Å². The summed E-state index contributed by atoms with van der Waals surface area (Å²) in [4.78, 5) is 2.47. The van der Waals surface area contributed by atoms with Crippen molar-refractivity contribution in [1.82, 2.24) is 0 Å². The van der Waals surface area contributed by atoms with Crippen molar-refractivity contribution in [3.8, 4) is 0 Å². The molecule has 2 heteroatoms. The average molecular weight is 335 g/mol. The molecule has 17 heavy (non-hydrogen) atoms. The molecule has 0 unspecified atom stereocenters. The Labute approximate surface area is 116 Å². The van der Waals surface area contributed by atoms with Crippen molar-refractivity contribution in [1.29, 1.82) is 0 Å². The number of hydrogen-bond acceptors (Lipinski definition) is 1. The summed E-state index contributed by atoms with van der Waals surface area (Å²) in [5.41, 5.74) is 4.28. The van der Waals surface area contributed by atoms with Crippen LogP contribution in [0.25, 0.3) is 0 Å². The minimum Gasteiger partial charge on any atom is -0.367 e. The van der Waals surface area contributed by atoms with Gasteiger partial charge in [-0.05, 0) is 58.3 Å². The lowest BCUT2D eigenvalue weighted by molar-refractivity contribution is 0.836. The van der Waals surface area contributed by atoms with Gasteiger partial charge in [0, 0.05) is 22.3 Å². The van der Waals surface area contributed by atoms with Gasteiger partial charge in [0.2, 0.25) is 0 Å². The maximum atomic E-state index is 2.47. The molecule has 1 nitrogen and oxygen atoms in total. The van der Waals surface area contributed by atoms with Crippen molar-refractivity contribution in [2.75, 3.05) is 11.4 Å². The van der Waals surface area contributed by atoms with E-state index in [4.69, 9.17) is 0 Å². The number of anilines is 1. The van der Waals surface area contributed by atoms with Crippen LogP contribution in [0.5, 0.6) is 0 Å². The Kier molecular flexibility index (Phi) is 3.05. The SMILES string of the molecule is Ic1ccc(CN2CCc3ccccc32)cc1. The molecule has 86 valence electrons. The molecule has 0 bridgehead atoms. The van der Waals surface area contributed by atoms with Gasteiger partial charge in [-0.1, -0.05) is 30.3 Å². The topological polar surface area (TPSA) is 3.24 Å². The number of hydrogen-bond donors (Lipinski definition) is 0. The highest BCUT2D eigenvalue weighted by atomic mass is 127. The summed E-state index contributed by atoms with van der Waals surface area (Å²) in [6.45, 7) is 2.17. The van der Waals surface area contributed by atoms with Crippen LogP contribution in [-0.4, -0.2) is 6.54 Å². The molecule has 1 heterocycles. The summed E-state index contributed by atoms with van der Waals surface area (Å²) in [5.74, 6) is 0. The van der Waals surface area contributed by atoms with Gasteiger partial charge < -0.3 is 4.90 Å². The molecule has 0 fully saturated rings. The lowest BCUT2D eigenvalue weighted by atomic mass is 10.2. The summed E-state index contributed by atoms with van der Waals surface area (Å²) < 4.78 is 1.30. The predicted molar refractivity (Wildman–Crippen MR) is 80.4 cm³/mol. The second-order valence-corrected chi connectivity index (χ2v) is 5.67. The third-order valence-electron chi connectivity index (χ3n) is 3.27. The number of benzene rings is 2. The van der Waals surface area contributed by atoms with E-state index in [1.54, 1.807) is 0 Å². The molecule has 1 aliphatic heterocycles. The fourth-order valence-corrected chi connectivity index (χ4v) is 2.74.